The number of benzene rings is 4. The van der Waals surface area contributed by atoms with Crippen LogP contribution in [-0.2, 0) is 9.59 Å². The molecule has 0 aliphatic heterocycles. The molecule has 5 N–H and O–H groups in total. The Balaban J connectivity index is 0.000000247. The standard InChI is InChI=1S/C25H25N5O4.C24H23N5O4.CH2Cl2.ClH/c1-28(2)14-22(31)29(3)15-23(32)30-11-10-16-8-9-17(12-21(16)30)27-25(34)19-13-26-20-7-5-4-6-18(20)24(19)33;1-25-13-21(30)28(2)14-22(31)29-10-9-15-7-8-16(11-20(15)29)27-24(33)18-12-26-19-6-4-3-5-17(19)23(18)32;2-1-3;/h4-13H,14-15H2,1-3H3,(H,26,33)(H,27,34);3-12,25H,13-14H2,1-2H3,(H,26,32)(H,27,33);1H2;1H. The van der Waals surface area contributed by atoms with Crippen LogP contribution in [0.15, 0.2) is 131 Å². The third-order valence-corrected chi connectivity index (χ3v) is 10.9. The Morgan fingerprint density at radius 1 is 0.577 bits per heavy atom. The van der Waals surface area contributed by atoms with Crippen LogP contribution in [0.2, 0.25) is 0 Å². The molecule has 0 saturated carbocycles. The SMILES string of the molecule is CN(C)CC(=O)N(C)CC(=O)n1ccc2ccc(NC(=O)c3c[nH]c4ccccc4c3=O)cc21.CNCC(=O)N(C)CC(=O)n1ccc2ccc(NC(=O)c3c[nH]c4ccccc4c3=O)cc21.Cl.ClCCl. The minimum atomic E-state index is -0.553. The van der Waals surface area contributed by atoms with E-state index in [4.69, 9.17) is 23.2 Å². The van der Waals surface area contributed by atoms with E-state index in [1.54, 1.807) is 150 Å². The number of aromatic nitrogens is 4. The molecule has 4 amide bonds. The van der Waals surface area contributed by atoms with E-state index in [2.05, 4.69) is 25.9 Å². The van der Waals surface area contributed by atoms with Gasteiger partial charge < -0.3 is 40.6 Å². The molecule has 370 valence electrons. The lowest BCUT2D eigenvalue weighted by Gasteiger charge is -2.19. The van der Waals surface area contributed by atoms with E-state index in [9.17, 15) is 38.4 Å². The van der Waals surface area contributed by atoms with E-state index in [1.165, 1.54) is 31.3 Å². The van der Waals surface area contributed by atoms with E-state index in [-0.39, 0.29) is 89.5 Å². The first kappa shape index (κ1) is 54.3. The highest BCUT2D eigenvalue weighted by Crippen LogP contribution is 2.23. The summed E-state index contributed by atoms with van der Waals surface area (Å²) < 4.78 is 2.89. The van der Waals surface area contributed by atoms with Gasteiger partial charge in [-0.3, -0.25) is 47.5 Å². The zero-order valence-corrected chi connectivity index (χ0v) is 41.6. The number of carbonyl (C=O) groups is 6. The van der Waals surface area contributed by atoms with Crippen molar-refractivity contribution in [2.24, 2.45) is 0 Å². The normalized spacial score (nSPS) is 10.7. The minimum Gasteiger partial charge on any atom is -0.360 e. The van der Waals surface area contributed by atoms with Crippen molar-refractivity contribution in [1.82, 2.24) is 39.1 Å². The zero-order chi connectivity index (χ0) is 50.6. The molecular weight excluding hydrogens is 975 g/mol. The molecule has 0 aliphatic rings. The molecular formula is C50H51Cl3N10O8. The minimum absolute atomic E-state index is 0. The van der Waals surface area contributed by atoms with E-state index >= 15 is 0 Å². The number of amides is 4. The highest BCUT2D eigenvalue weighted by Gasteiger charge is 2.20. The third kappa shape index (κ3) is 13.2. The van der Waals surface area contributed by atoms with Gasteiger partial charge in [-0.25, -0.2) is 0 Å². The summed E-state index contributed by atoms with van der Waals surface area (Å²) >= 11 is 9.53. The first-order valence-electron chi connectivity index (χ1n) is 21.6. The summed E-state index contributed by atoms with van der Waals surface area (Å²) in [5.74, 6) is -2.03. The van der Waals surface area contributed by atoms with Gasteiger partial charge >= 0.3 is 0 Å². The Labute approximate surface area is 422 Å². The molecule has 0 bridgehead atoms. The monoisotopic (exact) mass is 1020 g/mol. The van der Waals surface area contributed by atoms with Gasteiger partial charge in [0.15, 0.2) is 0 Å². The maximum absolute atomic E-state index is 12.9. The summed E-state index contributed by atoms with van der Waals surface area (Å²) in [7, 11) is 8.38. The summed E-state index contributed by atoms with van der Waals surface area (Å²) in [6, 6.07) is 27.8. The fourth-order valence-corrected chi connectivity index (χ4v) is 7.33. The summed E-state index contributed by atoms with van der Waals surface area (Å²) in [6.45, 7) is 0.174. The zero-order valence-electron chi connectivity index (χ0n) is 39.2. The van der Waals surface area contributed by atoms with Crippen molar-refractivity contribution in [2.75, 3.05) is 77.4 Å². The number of hydrogen-bond donors (Lipinski definition) is 5. The largest absolute Gasteiger partial charge is 0.360 e. The average molecular weight is 1030 g/mol. The number of nitrogens with zero attached hydrogens (tertiary/aromatic N) is 5. The number of nitrogens with one attached hydrogen (secondary N) is 5. The summed E-state index contributed by atoms with van der Waals surface area (Å²) in [6.07, 6.45) is 6.05. The van der Waals surface area contributed by atoms with E-state index in [0.29, 0.717) is 44.2 Å². The first-order chi connectivity index (χ1) is 33.5. The molecule has 4 aromatic heterocycles. The molecule has 0 saturated heterocycles. The summed E-state index contributed by atoms with van der Waals surface area (Å²) in [4.78, 5) is 111. The Morgan fingerprint density at radius 3 is 1.39 bits per heavy atom. The van der Waals surface area contributed by atoms with Crippen LogP contribution in [0.5, 0.6) is 0 Å². The number of para-hydroxylation sites is 2. The number of aromatic amines is 2. The molecule has 0 fully saturated rings. The second-order valence-electron chi connectivity index (χ2n) is 16.1. The number of anilines is 2. The van der Waals surface area contributed by atoms with Gasteiger partial charge in [-0.15, -0.1) is 35.6 Å². The highest BCUT2D eigenvalue weighted by atomic mass is 35.5. The second-order valence-corrected chi connectivity index (χ2v) is 16.9. The quantitative estimate of drug-likeness (QED) is 0.0861. The highest BCUT2D eigenvalue weighted by molar-refractivity contribution is 6.40. The smallest absolute Gasteiger partial charge is 0.261 e. The number of pyridine rings is 2. The second kappa shape index (κ2) is 24.8. The lowest BCUT2D eigenvalue weighted by Crippen LogP contribution is -2.39. The molecule has 71 heavy (non-hydrogen) atoms. The van der Waals surface area contributed by atoms with Crippen LogP contribution >= 0.6 is 35.6 Å². The number of H-pyrrole nitrogens is 2. The molecule has 21 heteroatoms. The number of hydrogen-bond acceptors (Lipinski definition) is 10. The van der Waals surface area contributed by atoms with Crippen molar-refractivity contribution in [3.8, 4) is 0 Å². The van der Waals surface area contributed by atoms with E-state index in [1.807, 2.05) is 0 Å². The third-order valence-electron chi connectivity index (χ3n) is 10.9. The molecule has 8 rings (SSSR count). The fraction of sp³-hybridized carbons (Fsp3) is 0.200. The Bertz CT molecular complexity index is 3380. The Kier molecular flexibility index (Phi) is 19.0. The lowest BCUT2D eigenvalue weighted by atomic mass is 10.1. The topological polar surface area (TPSA) is 224 Å². The predicted molar refractivity (Wildman–Crippen MR) is 282 cm³/mol. The van der Waals surface area contributed by atoms with Crippen LogP contribution in [0.25, 0.3) is 43.6 Å². The van der Waals surface area contributed by atoms with Crippen LogP contribution in [0, 0.1) is 0 Å². The van der Waals surface area contributed by atoms with Crippen LogP contribution in [0.1, 0.15) is 30.3 Å². The van der Waals surface area contributed by atoms with Crippen molar-refractivity contribution in [3.63, 3.8) is 0 Å². The van der Waals surface area contributed by atoms with Gasteiger partial charge in [0.2, 0.25) is 22.7 Å². The van der Waals surface area contributed by atoms with Gasteiger partial charge in [-0.2, -0.15) is 0 Å². The number of rotatable bonds is 12. The van der Waals surface area contributed by atoms with Gasteiger partial charge in [0, 0.05) is 82.8 Å². The van der Waals surface area contributed by atoms with Gasteiger partial charge in [-0.05, 0) is 81.8 Å². The lowest BCUT2D eigenvalue weighted by molar-refractivity contribution is -0.130. The van der Waals surface area contributed by atoms with Crippen molar-refractivity contribution in [2.45, 2.75) is 0 Å². The molecule has 18 nitrogen and oxygen atoms in total. The van der Waals surface area contributed by atoms with Crippen molar-refractivity contribution >= 4 is 126 Å². The predicted octanol–water partition coefficient (Wildman–Crippen LogP) is 6.29. The Morgan fingerprint density at radius 2 is 0.986 bits per heavy atom. The van der Waals surface area contributed by atoms with Gasteiger partial charge in [0.05, 0.1) is 29.5 Å². The molecule has 0 atom stereocenters. The Hall–Kier alpha value is -7.61. The first-order valence-corrected chi connectivity index (χ1v) is 22.6. The van der Waals surface area contributed by atoms with Crippen LogP contribution < -0.4 is 26.8 Å². The van der Waals surface area contributed by atoms with E-state index < -0.39 is 11.8 Å². The molecule has 4 aromatic carbocycles. The molecule has 8 aromatic rings. The van der Waals surface area contributed by atoms with Gasteiger partial charge in [0.1, 0.15) is 24.2 Å². The molecule has 0 spiro atoms. The van der Waals surface area contributed by atoms with Gasteiger partial charge in [0.25, 0.3) is 23.6 Å². The van der Waals surface area contributed by atoms with E-state index in [0.717, 1.165) is 10.8 Å². The van der Waals surface area contributed by atoms with Crippen molar-refractivity contribution < 1.29 is 28.8 Å². The summed E-state index contributed by atoms with van der Waals surface area (Å²) in [5.41, 5.74) is 2.60. The maximum atomic E-state index is 12.9. The number of alkyl halides is 2. The molecule has 0 radical (unpaired) electrons. The average Bonchev–Trinajstić information content (AvgIpc) is 3.96. The number of likely N-dealkylation sites (N-methyl/N-ethyl adjacent to an activating group) is 4. The van der Waals surface area contributed by atoms with Crippen LogP contribution in [0.4, 0.5) is 11.4 Å². The number of halogens is 3. The molecule has 0 aliphatic carbocycles. The molecule has 0 unspecified atom stereocenters. The maximum Gasteiger partial charge on any atom is 0.261 e. The number of carbonyl (C=O) groups excluding carboxylic acids is 6. The van der Waals surface area contributed by atoms with Crippen molar-refractivity contribution in [1.29, 1.82) is 0 Å². The van der Waals surface area contributed by atoms with Crippen molar-refractivity contribution in [3.05, 3.63) is 153 Å². The van der Waals surface area contributed by atoms with Crippen LogP contribution in [-0.4, -0.2) is 136 Å². The fourth-order valence-electron chi connectivity index (χ4n) is 7.33. The summed E-state index contributed by atoms with van der Waals surface area (Å²) in [5, 5.41) is 10.9. The number of fused-ring (bicyclic) bond motifs is 4. The molecule has 4 heterocycles. The van der Waals surface area contributed by atoms with Crippen LogP contribution in [0.3, 0.4) is 0 Å². The van der Waals surface area contributed by atoms with Gasteiger partial charge in [-0.1, -0.05) is 36.4 Å².